The molecule has 2 unspecified atom stereocenters. The average molecular weight is 278 g/mol. The fraction of sp³-hybridized carbons (Fsp3) is 0.938. The van der Waals surface area contributed by atoms with Crippen LogP contribution in [-0.2, 0) is 0 Å². The van der Waals surface area contributed by atoms with E-state index in [4.69, 9.17) is 5.73 Å². The van der Waals surface area contributed by atoms with Crippen molar-refractivity contribution in [3.05, 3.63) is 0 Å². The third-order valence-electron chi connectivity index (χ3n) is 5.67. The number of nitrogens with zero attached hydrogens (tertiary/aromatic N) is 2. The lowest BCUT2D eigenvalue weighted by Gasteiger charge is -2.35. The second-order valence-electron chi connectivity index (χ2n) is 7.09. The van der Waals surface area contributed by atoms with Crippen LogP contribution in [0.3, 0.4) is 0 Å². The molecule has 0 aromatic carbocycles. The Morgan fingerprint density at radius 3 is 2.40 bits per heavy atom. The molecule has 0 spiro atoms. The normalized spacial score (nSPS) is 36.2. The van der Waals surface area contributed by atoms with E-state index < -0.39 is 0 Å². The molecule has 0 amide bonds. The number of hydrogen-bond acceptors (Lipinski definition) is 2. The van der Waals surface area contributed by atoms with Crippen LogP contribution in [0.4, 0.5) is 0 Å². The minimum atomic E-state index is 0.571. The van der Waals surface area contributed by atoms with Crippen molar-refractivity contribution in [2.45, 2.75) is 75.9 Å². The fourth-order valence-electron chi connectivity index (χ4n) is 4.40. The number of fused-ring (bicyclic) bond motifs is 2. The number of hydrogen-bond donors (Lipinski definition) is 2. The quantitative estimate of drug-likeness (QED) is 0.614. The molecule has 0 radical (unpaired) electrons. The van der Waals surface area contributed by atoms with Gasteiger partial charge in [0.25, 0.3) is 0 Å². The zero-order valence-electron chi connectivity index (χ0n) is 12.9. The Labute approximate surface area is 123 Å². The minimum Gasteiger partial charge on any atom is -0.370 e. The van der Waals surface area contributed by atoms with E-state index in [-0.39, 0.29) is 0 Å². The maximum atomic E-state index is 6.06. The molecule has 4 heteroatoms. The number of guanidine groups is 1. The van der Waals surface area contributed by atoms with Crippen LogP contribution in [0, 0.1) is 5.92 Å². The van der Waals surface area contributed by atoms with Gasteiger partial charge in [0.2, 0.25) is 0 Å². The highest BCUT2D eigenvalue weighted by Gasteiger charge is 2.38. The number of rotatable bonds is 3. The first-order valence-electron chi connectivity index (χ1n) is 8.51. The highest BCUT2D eigenvalue weighted by atomic mass is 15.2. The predicted octanol–water partition coefficient (Wildman–Crippen LogP) is 2.10. The standard InChI is InChI=1S/C16H30N4/c1-20-14-7-8-15(20)10-12(9-14)11-18-16(17)19-13-5-3-2-4-6-13/h12-15H,2-11H2,1H3,(H3,17,18,19). The van der Waals surface area contributed by atoms with Crippen LogP contribution in [-0.4, -0.2) is 42.6 Å². The summed E-state index contributed by atoms with van der Waals surface area (Å²) in [5, 5.41) is 3.42. The Kier molecular flexibility index (Phi) is 4.49. The Hall–Kier alpha value is -0.770. The summed E-state index contributed by atoms with van der Waals surface area (Å²) < 4.78 is 0. The molecule has 3 fully saturated rings. The number of nitrogens with one attached hydrogen (secondary N) is 1. The van der Waals surface area contributed by atoms with Crippen LogP contribution < -0.4 is 11.1 Å². The van der Waals surface area contributed by atoms with Gasteiger partial charge in [-0.3, -0.25) is 4.99 Å². The van der Waals surface area contributed by atoms with Gasteiger partial charge in [0, 0.05) is 24.7 Å². The van der Waals surface area contributed by atoms with Crippen molar-refractivity contribution < 1.29 is 0 Å². The smallest absolute Gasteiger partial charge is 0.188 e. The van der Waals surface area contributed by atoms with Crippen molar-refractivity contribution >= 4 is 5.96 Å². The van der Waals surface area contributed by atoms with Crippen molar-refractivity contribution in [2.75, 3.05) is 13.6 Å². The molecule has 20 heavy (non-hydrogen) atoms. The highest BCUT2D eigenvalue weighted by Crippen LogP contribution is 2.37. The lowest BCUT2D eigenvalue weighted by Crippen LogP contribution is -2.42. The van der Waals surface area contributed by atoms with E-state index in [1.807, 2.05) is 0 Å². The second kappa shape index (κ2) is 6.33. The van der Waals surface area contributed by atoms with E-state index in [1.54, 1.807) is 0 Å². The third kappa shape index (κ3) is 3.27. The first kappa shape index (κ1) is 14.2. The van der Waals surface area contributed by atoms with Gasteiger partial charge in [0.1, 0.15) is 0 Å². The molecule has 3 N–H and O–H groups in total. The van der Waals surface area contributed by atoms with Crippen LogP contribution in [0.25, 0.3) is 0 Å². The number of piperidine rings is 1. The van der Waals surface area contributed by atoms with Crippen LogP contribution in [0.15, 0.2) is 4.99 Å². The van der Waals surface area contributed by atoms with E-state index >= 15 is 0 Å². The van der Waals surface area contributed by atoms with Gasteiger partial charge in [-0.2, -0.15) is 0 Å². The van der Waals surface area contributed by atoms with E-state index in [2.05, 4.69) is 22.3 Å². The molecule has 114 valence electrons. The molecule has 2 bridgehead atoms. The Morgan fingerprint density at radius 1 is 1.10 bits per heavy atom. The van der Waals surface area contributed by atoms with Crippen molar-refractivity contribution in [1.29, 1.82) is 0 Å². The summed E-state index contributed by atoms with van der Waals surface area (Å²) >= 11 is 0. The largest absolute Gasteiger partial charge is 0.370 e. The molecule has 1 saturated carbocycles. The summed E-state index contributed by atoms with van der Waals surface area (Å²) in [6.45, 7) is 0.923. The summed E-state index contributed by atoms with van der Waals surface area (Å²) in [7, 11) is 2.29. The maximum absolute atomic E-state index is 6.06. The van der Waals surface area contributed by atoms with Crippen LogP contribution in [0.1, 0.15) is 57.8 Å². The molecule has 0 aromatic rings. The average Bonchev–Trinajstić information content (AvgIpc) is 2.68. The summed E-state index contributed by atoms with van der Waals surface area (Å²) in [4.78, 5) is 7.22. The Bertz CT molecular complexity index is 334. The van der Waals surface area contributed by atoms with E-state index in [0.717, 1.165) is 24.5 Å². The maximum Gasteiger partial charge on any atom is 0.188 e. The number of nitrogens with two attached hydrogens (primary N) is 1. The Balaban J connectivity index is 1.45. The molecule has 0 aromatic heterocycles. The van der Waals surface area contributed by atoms with Gasteiger partial charge >= 0.3 is 0 Å². The van der Waals surface area contributed by atoms with Crippen LogP contribution >= 0.6 is 0 Å². The SMILES string of the molecule is CN1C2CCC1CC(CN=C(N)NC1CCCCC1)C2. The van der Waals surface area contributed by atoms with Crippen molar-refractivity contribution in [1.82, 2.24) is 10.2 Å². The lowest BCUT2D eigenvalue weighted by molar-refractivity contribution is 0.137. The summed E-state index contributed by atoms with van der Waals surface area (Å²) in [6, 6.07) is 2.18. The summed E-state index contributed by atoms with van der Waals surface area (Å²) in [5.74, 6) is 1.43. The van der Waals surface area contributed by atoms with Gasteiger partial charge in [-0.05, 0) is 51.5 Å². The molecule has 4 nitrogen and oxygen atoms in total. The topological polar surface area (TPSA) is 53.6 Å². The molecule has 2 aliphatic heterocycles. The monoisotopic (exact) mass is 278 g/mol. The molecule has 1 aliphatic carbocycles. The van der Waals surface area contributed by atoms with Crippen LogP contribution in [0.5, 0.6) is 0 Å². The molecular weight excluding hydrogens is 248 g/mol. The molecule has 3 rings (SSSR count). The highest BCUT2D eigenvalue weighted by molar-refractivity contribution is 5.78. The minimum absolute atomic E-state index is 0.571. The van der Waals surface area contributed by atoms with Gasteiger partial charge in [0.05, 0.1) is 0 Å². The van der Waals surface area contributed by atoms with E-state index in [0.29, 0.717) is 12.0 Å². The number of aliphatic imine (C=N–C) groups is 1. The zero-order valence-corrected chi connectivity index (χ0v) is 12.9. The first-order chi connectivity index (χ1) is 9.72. The zero-order chi connectivity index (χ0) is 13.9. The van der Waals surface area contributed by atoms with E-state index in [1.165, 1.54) is 57.8 Å². The fourth-order valence-corrected chi connectivity index (χ4v) is 4.40. The van der Waals surface area contributed by atoms with Crippen molar-refractivity contribution in [3.8, 4) is 0 Å². The molecule has 2 heterocycles. The molecule has 3 aliphatic rings. The molecular formula is C16H30N4. The summed E-state index contributed by atoms with van der Waals surface area (Å²) in [5.41, 5.74) is 6.06. The van der Waals surface area contributed by atoms with Gasteiger partial charge in [-0.1, -0.05) is 19.3 Å². The second-order valence-corrected chi connectivity index (χ2v) is 7.09. The molecule has 2 saturated heterocycles. The lowest BCUT2D eigenvalue weighted by atomic mass is 9.91. The van der Waals surface area contributed by atoms with Crippen LogP contribution in [0.2, 0.25) is 0 Å². The third-order valence-corrected chi connectivity index (χ3v) is 5.67. The Morgan fingerprint density at radius 2 is 1.75 bits per heavy atom. The van der Waals surface area contributed by atoms with Crippen molar-refractivity contribution in [3.63, 3.8) is 0 Å². The summed E-state index contributed by atoms with van der Waals surface area (Å²) in [6.07, 6.45) is 12.0. The van der Waals surface area contributed by atoms with Gasteiger partial charge in [-0.25, -0.2) is 0 Å². The first-order valence-corrected chi connectivity index (χ1v) is 8.51. The van der Waals surface area contributed by atoms with Crippen molar-refractivity contribution in [2.24, 2.45) is 16.6 Å². The predicted molar refractivity (Wildman–Crippen MR) is 83.8 cm³/mol. The van der Waals surface area contributed by atoms with E-state index in [9.17, 15) is 0 Å². The van der Waals surface area contributed by atoms with Gasteiger partial charge < -0.3 is 16.0 Å². The van der Waals surface area contributed by atoms with Gasteiger partial charge in [0.15, 0.2) is 5.96 Å². The molecule has 2 atom stereocenters. The van der Waals surface area contributed by atoms with Gasteiger partial charge in [-0.15, -0.1) is 0 Å².